The Morgan fingerprint density at radius 1 is 1.11 bits per heavy atom. The van der Waals surface area contributed by atoms with Gasteiger partial charge < -0.3 is 9.80 Å². The lowest BCUT2D eigenvalue weighted by molar-refractivity contribution is 0.0746. The van der Waals surface area contributed by atoms with E-state index in [1.54, 1.807) is 23.2 Å². The van der Waals surface area contributed by atoms with Gasteiger partial charge in [0.15, 0.2) is 0 Å². The smallest absolute Gasteiger partial charge is 0.254 e. The number of pyridine rings is 1. The van der Waals surface area contributed by atoms with Crippen LogP contribution in [0.25, 0.3) is 0 Å². The molecule has 27 heavy (non-hydrogen) atoms. The maximum absolute atomic E-state index is 12.8. The Kier molecular flexibility index (Phi) is 6.08. The second-order valence-corrected chi connectivity index (χ2v) is 8.16. The van der Waals surface area contributed by atoms with Gasteiger partial charge in [0.25, 0.3) is 5.91 Å². The normalized spacial score (nSPS) is 15.0. The summed E-state index contributed by atoms with van der Waals surface area (Å²) < 4.78 is 27.1. The monoisotopic (exact) mass is 388 g/mol. The molecule has 0 bridgehead atoms. The Balaban J connectivity index is 1.68. The van der Waals surface area contributed by atoms with Crippen LogP contribution in [-0.2, 0) is 10.0 Å². The van der Waals surface area contributed by atoms with E-state index in [0.29, 0.717) is 44.7 Å². The van der Waals surface area contributed by atoms with Crippen LogP contribution in [0.5, 0.6) is 0 Å². The number of sulfonamides is 1. The van der Waals surface area contributed by atoms with Crippen LogP contribution < -0.4 is 9.62 Å². The van der Waals surface area contributed by atoms with Crippen LogP contribution in [0.3, 0.4) is 0 Å². The first-order valence-electron chi connectivity index (χ1n) is 9.06. The minimum Gasteiger partial charge on any atom is -0.353 e. The second kappa shape index (κ2) is 8.49. The third-order valence-corrected chi connectivity index (χ3v) is 5.93. The number of hydrogen-bond donors (Lipinski definition) is 1. The van der Waals surface area contributed by atoms with Gasteiger partial charge in [-0.3, -0.25) is 4.79 Å². The predicted octanol–water partition coefficient (Wildman–Crippen LogP) is 1.73. The van der Waals surface area contributed by atoms with Gasteiger partial charge in [0.05, 0.1) is 4.90 Å². The van der Waals surface area contributed by atoms with Crippen molar-refractivity contribution in [3.63, 3.8) is 0 Å². The van der Waals surface area contributed by atoms with Gasteiger partial charge >= 0.3 is 0 Å². The van der Waals surface area contributed by atoms with E-state index in [0.717, 1.165) is 5.82 Å². The van der Waals surface area contributed by atoms with Crippen molar-refractivity contribution in [2.75, 3.05) is 37.6 Å². The topological polar surface area (TPSA) is 82.6 Å². The van der Waals surface area contributed by atoms with Crippen LogP contribution >= 0.6 is 0 Å². The van der Waals surface area contributed by atoms with Crippen molar-refractivity contribution in [2.24, 2.45) is 0 Å². The number of benzene rings is 1. The Labute approximate surface area is 160 Å². The van der Waals surface area contributed by atoms with E-state index in [2.05, 4.69) is 14.6 Å². The fourth-order valence-electron chi connectivity index (χ4n) is 2.98. The summed E-state index contributed by atoms with van der Waals surface area (Å²) in [6.07, 6.45) is 2.46. The van der Waals surface area contributed by atoms with Crippen molar-refractivity contribution in [2.45, 2.75) is 18.2 Å². The largest absolute Gasteiger partial charge is 0.353 e. The van der Waals surface area contributed by atoms with E-state index in [4.69, 9.17) is 0 Å². The standard InChI is InChI=1S/C19H24N4O3S/c1-2-9-21-27(25,26)17-7-5-6-16(15-17)19(24)23-13-11-22(12-14-23)18-8-3-4-10-20-18/h3-8,10,15,21H,2,9,11-14H2,1H3. The lowest BCUT2D eigenvalue weighted by Gasteiger charge is -2.35. The summed E-state index contributed by atoms with van der Waals surface area (Å²) in [6.45, 7) is 4.79. The lowest BCUT2D eigenvalue weighted by atomic mass is 10.2. The highest BCUT2D eigenvalue weighted by molar-refractivity contribution is 7.89. The third kappa shape index (κ3) is 4.64. The predicted molar refractivity (Wildman–Crippen MR) is 104 cm³/mol. The van der Waals surface area contributed by atoms with Crippen LogP contribution in [0.15, 0.2) is 53.6 Å². The van der Waals surface area contributed by atoms with Crippen molar-refractivity contribution >= 4 is 21.7 Å². The van der Waals surface area contributed by atoms with E-state index >= 15 is 0 Å². The summed E-state index contributed by atoms with van der Waals surface area (Å²) >= 11 is 0. The molecule has 2 heterocycles. The van der Waals surface area contributed by atoms with Gasteiger partial charge in [-0.15, -0.1) is 0 Å². The number of aromatic nitrogens is 1. The van der Waals surface area contributed by atoms with Crippen LogP contribution in [0, 0.1) is 0 Å². The van der Waals surface area contributed by atoms with Crippen molar-refractivity contribution < 1.29 is 13.2 Å². The molecular weight excluding hydrogens is 364 g/mol. The number of amides is 1. The van der Waals surface area contributed by atoms with Crippen LogP contribution in [0.4, 0.5) is 5.82 Å². The molecule has 7 nitrogen and oxygen atoms in total. The maximum Gasteiger partial charge on any atom is 0.254 e. The molecule has 3 rings (SSSR count). The molecule has 1 aliphatic heterocycles. The quantitative estimate of drug-likeness (QED) is 0.815. The summed E-state index contributed by atoms with van der Waals surface area (Å²) in [5.74, 6) is 0.753. The number of carbonyl (C=O) groups is 1. The molecule has 1 fully saturated rings. The van der Waals surface area contributed by atoms with E-state index in [-0.39, 0.29) is 10.8 Å². The highest BCUT2D eigenvalue weighted by Crippen LogP contribution is 2.17. The molecule has 0 unspecified atom stereocenters. The van der Waals surface area contributed by atoms with E-state index < -0.39 is 10.0 Å². The van der Waals surface area contributed by atoms with Gasteiger partial charge in [-0.05, 0) is 36.8 Å². The Bertz CT molecular complexity index is 879. The Morgan fingerprint density at radius 3 is 2.56 bits per heavy atom. The van der Waals surface area contributed by atoms with E-state index in [9.17, 15) is 13.2 Å². The molecule has 1 aromatic carbocycles. The number of rotatable bonds is 6. The first-order valence-corrected chi connectivity index (χ1v) is 10.5. The molecule has 1 saturated heterocycles. The third-order valence-electron chi connectivity index (χ3n) is 4.47. The summed E-state index contributed by atoms with van der Waals surface area (Å²) in [5.41, 5.74) is 0.389. The summed E-state index contributed by atoms with van der Waals surface area (Å²) in [5, 5.41) is 0. The minimum atomic E-state index is -3.59. The number of nitrogens with zero attached hydrogens (tertiary/aromatic N) is 3. The van der Waals surface area contributed by atoms with Gasteiger partial charge in [0.1, 0.15) is 5.82 Å². The van der Waals surface area contributed by atoms with Gasteiger partial charge in [-0.1, -0.05) is 19.1 Å². The first-order chi connectivity index (χ1) is 13.0. The van der Waals surface area contributed by atoms with Gasteiger partial charge in [-0.2, -0.15) is 0 Å². The molecule has 0 atom stereocenters. The van der Waals surface area contributed by atoms with Crippen LogP contribution in [-0.4, -0.2) is 56.9 Å². The molecule has 0 aliphatic carbocycles. The zero-order valence-corrected chi connectivity index (χ0v) is 16.2. The molecule has 144 valence electrons. The molecule has 1 amide bonds. The number of piperazine rings is 1. The molecule has 8 heteroatoms. The minimum absolute atomic E-state index is 0.119. The molecule has 1 N–H and O–H groups in total. The number of anilines is 1. The van der Waals surface area contributed by atoms with Crippen molar-refractivity contribution in [3.8, 4) is 0 Å². The molecule has 2 aromatic rings. The average Bonchev–Trinajstić information content (AvgIpc) is 2.72. The van der Waals surface area contributed by atoms with Gasteiger partial charge in [0, 0.05) is 44.5 Å². The summed E-state index contributed by atoms with van der Waals surface area (Å²) in [4.78, 5) is 21.2. The highest BCUT2D eigenvalue weighted by Gasteiger charge is 2.24. The molecule has 0 saturated carbocycles. The number of nitrogens with one attached hydrogen (secondary N) is 1. The van der Waals surface area contributed by atoms with Crippen LogP contribution in [0.1, 0.15) is 23.7 Å². The molecular formula is C19H24N4O3S. The maximum atomic E-state index is 12.8. The molecule has 1 aliphatic rings. The summed E-state index contributed by atoms with van der Waals surface area (Å²) in [6, 6.07) is 12.0. The molecule has 1 aromatic heterocycles. The van der Waals surface area contributed by atoms with Crippen molar-refractivity contribution in [3.05, 3.63) is 54.2 Å². The number of carbonyl (C=O) groups excluding carboxylic acids is 1. The van der Waals surface area contributed by atoms with Crippen LogP contribution in [0.2, 0.25) is 0 Å². The van der Waals surface area contributed by atoms with Crippen molar-refractivity contribution in [1.82, 2.24) is 14.6 Å². The fraction of sp³-hybridized carbons (Fsp3) is 0.368. The zero-order valence-electron chi connectivity index (χ0n) is 15.3. The highest BCUT2D eigenvalue weighted by atomic mass is 32.2. The van der Waals surface area contributed by atoms with Gasteiger partial charge in [0.2, 0.25) is 10.0 Å². The second-order valence-electron chi connectivity index (χ2n) is 6.39. The average molecular weight is 388 g/mol. The van der Waals surface area contributed by atoms with E-state index in [1.807, 2.05) is 25.1 Å². The molecule has 0 radical (unpaired) electrons. The summed E-state index contributed by atoms with van der Waals surface area (Å²) in [7, 11) is -3.59. The van der Waals surface area contributed by atoms with Crippen molar-refractivity contribution in [1.29, 1.82) is 0 Å². The Hall–Kier alpha value is -2.45. The molecule has 0 spiro atoms. The first kappa shape index (κ1) is 19.3. The SMILES string of the molecule is CCCNS(=O)(=O)c1cccc(C(=O)N2CCN(c3ccccn3)CC2)c1. The lowest BCUT2D eigenvalue weighted by Crippen LogP contribution is -2.49. The van der Waals surface area contributed by atoms with Gasteiger partial charge in [-0.25, -0.2) is 18.1 Å². The number of hydrogen-bond acceptors (Lipinski definition) is 5. The van der Waals surface area contributed by atoms with E-state index in [1.165, 1.54) is 12.1 Å². The Morgan fingerprint density at radius 2 is 1.89 bits per heavy atom. The zero-order chi connectivity index (χ0) is 19.3. The fourth-order valence-corrected chi connectivity index (χ4v) is 4.16.